The van der Waals surface area contributed by atoms with E-state index in [1.807, 2.05) is 24.3 Å². The van der Waals surface area contributed by atoms with Crippen molar-refractivity contribution in [1.29, 1.82) is 0 Å². The van der Waals surface area contributed by atoms with Crippen LogP contribution in [0, 0.1) is 36.8 Å². The maximum atomic E-state index is 13.3. The van der Waals surface area contributed by atoms with Crippen LogP contribution in [0.1, 0.15) is 0 Å². The van der Waals surface area contributed by atoms with Crippen molar-refractivity contribution in [1.82, 2.24) is 19.9 Å². The summed E-state index contributed by atoms with van der Waals surface area (Å²) in [7, 11) is 0. The molecule has 0 atom stereocenters. The van der Waals surface area contributed by atoms with Crippen molar-refractivity contribution < 1.29 is 59.7 Å². The second-order valence-electron chi connectivity index (χ2n) is 7.93. The molecule has 4 nitrogen and oxygen atoms in total. The quantitative estimate of drug-likeness (QED) is 0.0991. The zero-order valence-corrected chi connectivity index (χ0v) is 29.6. The summed E-state index contributed by atoms with van der Waals surface area (Å²) in [6.45, 7) is 0. The summed E-state index contributed by atoms with van der Waals surface area (Å²) in [5.74, 6) is -2.46. The molecule has 0 saturated heterocycles. The summed E-state index contributed by atoms with van der Waals surface area (Å²) in [5.41, 5.74) is 1.45. The molecule has 0 amide bonds. The molecule has 0 aliphatic carbocycles. The monoisotopic (exact) mass is 1010 g/mol. The number of hydrogen-bond acceptors (Lipinski definition) is 6. The molecule has 0 spiro atoms. The molecule has 0 aliphatic heterocycles. The molecule has 236 valence electrons. The summed E-state index contributed by atoms with van der Waals surface area (Å²) < 4.78 is 51.7. The zero-order valence-electron chi connectivity index (χ0n) is 23.4. The van der Waals surface area contributed by atoms with Crippen LogP contribution in [-0.2, 0) is 67.4 Å². The van der Waals surface area contributed by atoms with Crippen LogP contribution in [0.3, 0.4) is 0 Å². The SMILES string of the molecule is Fc1c[c-]c(-c2ccccn2)c(F)c1.Fc1ccc(-c2ccccn2)c(F)c1.[CH3-].[Pt+2].[Pt+2].[S-]c1ccccn1.[S-]c1ccccn1. The molecule has 12 heteroatoms. The molecule has 6 rings (SSSR count). The number of pyridine rings is 4. The van der Waals surface area contributed by atoms with E-state index in [4.69, 9.17) is 25.3 Å². The van der Waals surface area contributed by atoms with E-state index in [9.17, 15) is 17.6 Å². The van der Waals surface area contributed by atoms with Crippen molar-refractivity contribution in [2.75, 3.05) is 0 Å². The van der Waals surface area contributed by atoms with Crippen LogP contribution < -0.4 is 0 Å². The van der Waals surface area contributed by atoms with Gasteiger partial charge in [0.2, 0.25) is 0 Å². The second kappa shape index (κ2) is 23.0. The molecule has 0 aliphatic rings. The van der Waals surface area contributed by atoms with Gasteiger partial charge in [-0.1, -0.05) is 64.1 Å². The molecular formula is C33H24F4N4Pt2S2. The third kappa shape index (κ3) is 15.4. The topological polar surface area (TPSA) is 51.6 Å². The van der Waals surface area contributed by atoms with E-state index in [0.29, 0.717) is 27.0 Å². The fourth-order valence-electron chi connectivity index (χ4n) is 3.07. The van der Waals surface area contributed by atoms with Crippen molar-refractivity contribution in [3.05, 3.63) is 165 Å². The Bertz CT molecular complexity index is 1520. The van der Waals surface area contributed by atoms with Crippen LogP contribution >= 0.6 is 0 Å². The van der Waals surface area contributed by atoms with Crippen LogP contribution in [0.2, 0.25) is 0 Å². The largest absolute Gasteiger partial charge is 2.00 e. The minimum Gasteiger partial charge on any atom is -0.760 e. The van der Waals surface area contributed by atoms with Crippen molar-refractivity contribution >= 4 is 25.3 Å². The van der Waals surface area contributed by atoms with Gasteiger partial charge in [-0.15, -0.1) is 12.1 Å². The van der Waals surface area contributed by atoms with Crippen LogP contribution in [0.5, 0.6) is 0 Å². The smallest absolute Gasteiger partial charge is 0.760 e. The van der Waals surface area contributed by atoms with E-state index < -0.39 is 23.3 Å². The first-order valence-electron chi connectivity index (χ1n) is 12.1. The first-order chi connectivity index (χ1) is 20.3. The molecule has 4 heterocycles. The minimum atomic E-state index is -0.649. The predicted molar refractivity (Wildman–Crippen MR) is 164 cm³/mol. The average Bonchev–Trinajstić information content (AvgIpc) is 3.00. The van der Waals surface area contributed by atoms with Crippen LogP contribution in [0.15, 0.2) is 138 Å². The summed E-state index contributed by atoms with van der Waals surface area (Å²) in [5, 5.41) is 1.31. The van der Waals surface area contributed by atoms with Crippen molar-refractivity contribution in [2.45, 2.75) is 10.1 Å². The summed E-state index contributed by atoms with van der Waals surface area (Å²) in [6, 6.07) is 29.1. The number of benzene rings is 2. The fraction of sp³-hybridized carbons (Fsp3) is 0. The van der Waals surface area contributed by atoms with Gasteiger partial charge in [0.05, 0.1) is 5.69 Å². The van der Waals surface area contributed by atoms with E-state index >= 15 is 0 Å². The Kier molecular flexibility index (Phi) is 21.2. The number of aromatic nitrogens is 4. The van der Waals surface area contributed by atoms with E-state index in [0.717, 1.165) is 18.2 Å². The van der Waals surface area contributed by atoms with Gasteiger partial charge in [-0.2, -0.15) is 0 Å². The molecule has 6 aromatic rings. The predicted octanol–water partition coefficient (Wildman–Crippen LogP) is 8.27. The molecule has 0 fully saturated rings. The maximum absolute atomic E-state index is 13.3. The van der Waals surface area contributed by atoms with E-state index in [1.165, 1.54) is 12.1 Å². The number of nitrogens with zero attached hydrogens (tertiary/aromatic N) is 4. The van der Waals surface area contributed by atoms with Gasteiger partial charge < -0.3 is 37.7 Å². The van der Waals surface area contributed by atoms with Crippen LogP contribution in [0.25, 0.3) is 22.5 Å². The molecule has 4 aromatic heterocycles. The summed E-state index contributed by atoms with van der Waals surface area (Å²) in [6.07, 6.45) is 6.48. The van der Waals surface area contributed by atoms with Gasteiger partial charge >= 0.3 is 42.1 Å². The van der Waals surface area contributed by atoms with E-state index in [-0.39, 0.29) is 55.1 Å². The van der Waals surface area contributed by atoms with Crippen molar-refractivity contribution in [3.8, 4) is 22.5 Å². The summed E-state index contributed by atoms with van der Waals surface area (Å²) in [4.78, 5) is 15.5. The molecule has 0 saturated carbocycles. The van der Waals surface area contributed by atoms with E-state index in [2.05, 4.69) is 26.0 Å². The third-order valence-corrected chi connectivity index (χ3v) is 5.41. The number of hydrogen-bond donors (Lipinski definition) is 0. The zero-order chi connectivity index (χ0) is 30.2. The fourth-order valence-corrected chi connectivity index (χ4v) is 3.34. The molecular weight excluding hydrogens is 983 g/mol. The molecule has 2 aromatic carbocycles. The molecule has 45 heavy (non-hydrogen) atoms. The first-order valence-corrected chi connectivity index (χ1v) is 13.0. The minimum absolute atomic E-state index is 0. The van der Waals surface area contributed by atoms with Gasteiger partial charge in [0, 0.05) is 48.1 Å². The Morgan fingerprint density at radius 3 is 1.36 bits per heavy atom. The molecule has 0 N–H and O–H groups in total. The molecule has 0 radical (unpaired) electrons. The first kappa shape index (κ1) is 41.6. The molecule has 0 bridgehead atoms. The van der Waals surface area contributed by atoms with Crippen molar-refractivity contribution in [3.63, 3.8) is 0 Å². The normalized spacial score (nSPS) is 8.98. The van der Waals surface area contributed by atoms with Crippen molar-refractivity contribution in [2.24, 2.45) is 0 Å². The van der Waals surface area contributed by atoms with Crippen LogP contribution in [-0.4, -0.2) is 19.9 Å². The van der Waals surface area contributed by atoms with E-state index in [1.54, 1.807) is 73.3 Å². The van der Waals surface area contributed by atoms with Gasteiger partial charge in [0.15, 0.2) is 0 Å². The Morgan fingerprint density at radius 2 is 0.978 bits per heavy atom. The Hall–Kier alpha value is -3.42. The Labute approximate surface area is 300 Å². The Balaban J connectivity index is 0.000000588. The van der Waals surface area contributed by atoms with Crippen LogP contribution in [0.4, 0.5) is 17.6 Å². The number of halogens is 4. The molecule has 0 unspecified atom stereocenters. The second-order valence-corrected chi connectivity index (χ2v) is 8.77. The third-order valence-electron chi connectivity index (χ3n) is 4.93. The summed E-state index contributed by atoms with van der Waals surface area (Å²) >= 11 is 9.40. The van der Waals surface area contributed by atoms with Gasteiger partial charge in [-0.3, -0.25) is 23.7 Å². The van der Waals surface area contributed by atoms with Gasteiger partial charge in [0.1, 0.15) is 11.6 Å². The Morgan fingerprint density at radius 1 is 0.511 bits per heavy atom. The van der Waals surface area contributed by atoms with Gasteiger partial charge in [0.25, 0.3) is 0 Å². The number of rotatable bonds is 2. The van der Waals surface area contributed by atoms with Gasteiger partial charge in [-0.05, 0) is 48.2 Å². The standard InChI is InChI=1S/C11H7F2N.C11H6F2N.2C5H5NS.CH3.2Pt/c2*12-8-4-5-9(10(13)7-8)11-3-1-2-6-14-11;2*7-5-3-1-2-4-6-5;;;/h1-7H;1-4,6-7H;2*1-4H,(H,6,7);1H3;;/q;-1;;;-1;2*+2/p-2. The van der Waals surface area contributed by atoms with Gasteiger partial charge in [-0.25, -0.2) is 8.78 Å². The maximum Gasteiger partial charge on any atom is 2.00 e. The average molecular weight is 1010 g/mol.